The van der Waals surface area contributed by atoms with Crippen LogP contribution in [0.15, 0.2) is 39.3 Å². The first kappa shape index (κ1) is 16.4. The fourth-order valence-electron chi connectivity index (χ4n) is 2.15. The molecule has 0 heterocycles. The van der Waals surface area contributed by atoms with E-state index < -0.39 is 17.7 Å². The molecule has 0 bridgehead atoms. The van der Waals surface area contributed by atoms with Crippen LogP contribution in [0.4, 0.5) is 8.78 Å². The summed E-state index contributed by atoms with van der Waals surface area (Å²) in [7, 11) is 3.22. The maximum Gasteiger partial charge on any atom is 0.132 e. The highest BCUT2D eigenvalue weighted by atomic mass is 79.9. The first-order chi connectivity index (χ1) is 9.97. The summed E-state index contributed by atoms with van der Waals surface area (Å²) in [6.07, 6.45) is 0. The van der Waals surface area contributed by atoms with Crippen LogP contribution in [0.25, 0.3) is 0 Å². The van der Waals surface area contributed by atoms with Gasteiger partial charge in [-0.3, -0.25) is 0 Å². The molecule has 1 unspecified atom stereocenters. The molecule has 2 aromatic rings. The molecule has 0 aliphatic carbocycles. The molecule has 2 rings (SSSR count). The molecule has 0 fully saturated rings. The summed E-state index contributed by atoms with van der Waals surface area (Å²) in [5, 5.41) is 2.95. The molecule has 2 nitrogen and oxygen atoms in total. The van der Waals surface area contributed by atoms with Crippen LogP contribution in [0.2, 0.25) is 0 Å². The van der Waals surface area contributed by atoms with Gasteiger partial charge in [0.25, 0.3) is 0 Å². The molecular weight excluding hydrogens is 408 g/mol. The molecule has 0 radical (unpaired) electrons. The Hall–Kier alpha value is -0.980. The van der Waals surface area contributed by atoms with Gasteiger partial charge in [-0.05, 0) is 36.9 Å². The van der Waals surface area contributed by atoms with Crippen LogP contribution >= 0.6 is 31.9 Å². The van der Waals surface area contributed by atoms with Crippen molar-refractivity contribution < 1.29 is 13.5 Å². The zero-order chi connectivity index (χ0) is 15.6. The molecule has 0 aromatic heterocycles. The lowest BCUT2D eigenvalue weighted by atomic mass is 9.97. The minimum Gasteiger partial charge on any atom is -0.497 e. The standard InChI is InChI=1S/C15H13Br2F2NO/c1-20-15(10-4-3-9(21-2)7-11(10)17)14-12(18)5-8(16)6-13(14)19/h3-7,15,20H,1-2H3. The van der Waals surface area contributed by atoms with Crippen molar-refractivity contribution in [1.29, 1.82) is 0 Å². The highest BCUT2D eigenvalue weighted by Crippen LogP contribution is 2.34. The van der Waals surface area contributed by atoms with Crippen molar-refractivity contribution in [2.24, 2.45) is 0 Å². The van der Waals surface area contributed by atoms with Crippen molar-refractivity contribution in [3.63, 3.8) is 0 Å². The molecule has 0 saturated heterocycles. The number of ether oxygens (including phenoxy) is 1. The average Bonchev–Trinajstić information content (AvgIpc) is 2.43. The lowest BCUT2D eigenvalue weighted by Gasteiger charge is -2.20. The summed E-state index contributed by atoms with van der Waals surface area (Å²) < 4.78 is 34.5. The third-order valence-electron chi connectivity index (χ3n) is 3.14. The van der Waals surface area contributed by atoms with Crippen molar-refractivity contribution in [3.8, 4) is 5.75 Å². The SMILES string of the molecule is CNC(c1ccc(OC)cc1Br)c1c(F)cc(Br)cc1F. The van der Waals surface area contributed by atoms with Crippen LogP contribution in [0.3, 0.4) is 0 Å². The summed E-state index contributed by atoms with van der Waals surface area (Å²) in [5.74, 6) is -0.551. The predicted octanol–water partition coefficient (Wildman–Crippen LogP) is 4.81. The van der Waals surface area contributed by atoms with Gasteiger partial charge in [0.2, 0.25) is 0 Å². The topological polar surface area (TPSA) is 21.3 Å². The second kappa shape index (κ2) is 6.85. The highest BCUT2D eigenvalue weighted by Gasteiger charge is 2.23. The van der Waals surface area contributed by atoms with Crippen molar-refractivity contribution in [2.45, 2.75) is 6.04 Å². The molecule has 21 heavy (non-hydrogen) atoms. The van der Waals surface area contributed by atoms with Crippen LogP contribution in [0, 0.1) is 11.6 Å². The quantitative estimate of drug-likeness (QED) is 0.766. The molecule has 1 atom stereocenters. The molecular formula is C15H13Br2F2NO. The zero-order valence-electron chi connectivity index (χ0n) is 11.4. The minimum atomic E-state index is -0.613. The van der Waals surface area contributed by atoms with Crippen LogP contribution in [-0.2, 0) is 0 Å². The van der Waals surface area contributed by atoms with Gasteiger partial charge < -0.3 is 10.1 Å². The molecule has 6 heteroatoms. The van der Waals surface area contributed by atoms with Crippen LogP contribution in [0.1, 0.15) is 17.2 Å². The Morgan fingerprint density at radius 2 is 1.71 bits per heavy atom. The van der Waals surface area contributed by atoms with Gasteiger partial charge in [0.1, 0.15) is 17.4 Å². The highest BCUT2D eigenvalue weighted by molar-refractivity contribution is 9.10. The summed E-state index contributed by atoms with van der Waals surface area (Å²) in [6, 6.07) is 7.16. The number of hydrogen-bond donors (Lipinski definition) is 1. The van der Waals surface area contributed by atoms with Gasteiger partial charge in [0, 0.05) is 14.5 Å². The minimum absolute atomic E-state index is 0.0217. The number of benzene rings is 2. The largest absolute Gasteiger partial charge is 0.497 e. The summed E-state index contributed by atoms with van der Waals surface area (Å²) in [4.78, 5) is 0. The molecule has 0 amide bonds. The molecule has 112 valence electrons. The molecule has 2 aromatic carbocycles. The maximum absolute atomic E-state index is 14.2. The van der Waals surface area contributed by atoms with E-state index in [1.54, 1.807) is 32.4 Å². The Balaban J connectivity index is 2.55. The molecule has 0 aliphatic rings. The normalized spacial score (nSPS) is 12.3. The molecule has 0 spiro atoms. The Bertz CT molecular complexity index is 641. The first-order valence-electron chi connectivity index (χ1n) is 6.13. The van der Waals surface area contributed by atoms with E-state index >= 15 is 0 Å². The van der Waals surface area contributed by atoms with Crippen LogP contribution in [-0.4, -0.2) is 14.2 Å². The first-order valence-corrected chi connectivity index (χ1v) is 7.71. The van der Waals surface area contributed by atoms with Crippen molar-refractivity contribution in [1.82, 2.24) is 5.32 Å². The molecule has 0 aliphatic heterocycles. The zero-order valence-corrected chi connectivity index (χ0v) is 14.6. The number of halogens is 4. The lowest BCUT2D eigenvalue weighted by Crippen LogP contribution is -2.21. The van der Waals surface area contributed by atoms with Gasteiger partial charge >= 0.3 is 0 Å². The van der Waals surface area contributed by atoms with E-state index in [0.717, 1.165) is 5.56 Å². The Morgan fingerprint density at radius 3 is 2.19 bits per heavy atom. The third-order valence-corrected chi connectivity index (χ3v) is 4.28. The fraction of sp³-hybridized carbons (Fsp3) is 0.200. The van der Waals surface area contributed by atoms with E-state index in [2.05, 4.69) is 37.2 Å². The monoisotopic (exact) mass is 419 g/mol. The molecule has 1 N–H and O–H groups in total. The summed E-state index contributed by atoms with van der Waals surface area (Å²) >= 11 is 6.50. The number of hydrogen-bond acceptors (Lipinski definition) is 2. The van der Waals surface area contributed by atoms with Crippen LogP contribution < -0.4 is 10.1 Å². The van der Waals surface area contributed by atoms with Gasteiger partial charge in [-0.2, -0.15) is 0 Å². The second-order valence-electron chi connectivity index (χ2n) is 4.39. The van der Waals surface area contributed by atoms with E-state index in [0.29, 0.717) is 14.7 Å². The maximum atomic E-state index is 14.2. The smallest absolute Gasteiger partial charge is 0.132 e. The van der Waals surface area contributed by atoms with Crippen molar-refractivity contribution in [3.05, 3.63) is 62.0 Å². The van der Waals surface area contributed by atoms with Gasteiger partial charge in [-0.1, -0.05) is 37.9 Å². The van der Waals surface area contributed by atoms with E-state index in [1.165, 1.54) is 12.1 Å². The number of methoxy groups -OCH3 is 1. The third kappa shape index (κ3) is 3.44. The predicted molar refractivity (Wildman–Crippen MR) is 85.7 cm³/mol. The van der Waals surface area contributed by atoms with E-state index in [-0.39, 0.29) is 5.56 Å². The fourth-order valence-corrected chi connectivity index (χ4v) is 3.14. The number of rotatable bonds is 4. The summed E-state index contributed by atoms with van der Waals surface area (Å²) in [5.41, 5.74) is 0.699. The van der Waals surface area contributed by atoms with E-state index in [1.807, 2.05) is 0 Å². The van der Waals surface area contributed by atoms with Crippen LogP contribution in [0.5, 0.6) is 5.75 Å². The Kier molecular flexibility index (Phi) is 5.35. The Morgan fingerprint density at radius 1 is 1.10 bits per heavy atom. The number of nitrogens with one attached hydrogen (secondary N) is 1. The second-order valence-corrected chi connectivity index (χ2v) is 6.16. The molecule has 0 saturated carbocycles. The van der Waals surface area contributed by atoms with Gasteiger partial charge in [-0.15, -0.1) is 0 Å². The Labute approximate surface area is 138 Å². The lowest BCUT2D eigenvalue weighted by molar-refractivity contribution is 0.414. The van der Waals surface area contributed by atoms with Crippen molar-refractivity contribution in [2.75, 3.05) is 14.2 Å². The van der Waals surface area contributed by atoms with Gasteiger partial charge in [-0.25, -0.2) is 8.78 Å². The van der Waals surface area contributed by atoms with Crippen molar-refractivity contribution >= 4 is 31.9 Å². The summed E-state index contributed by atoms with van der Waals surface area (Å²) in [6.45, 7) is 0. The van der Waals surface area contributed by atoms with E-state index in [4.69, 9.17) is 4.74 Å². The van der Waals surface area contributed by atoms with Gasteiger partial charge in [0.15, 0.2) is 0 Å². The van der Waals surface area contributed by atoms with E-state index in [9.17, 15) is 8.78 Å². The van der Waals surface area contributed by atoms with Gasteiger partial charge in [0.05, 0.1) is 13.2 Å². The average molecular weight is 421 g/mol.